The Morgan fingerprint density at radius 3 is 2.76 bits per heavy atom. The first-order chi connectivity index (χ1) is 8.29. The highest BCUT2D eigenvalue weighted by Crippen LogP contribution is 2.16. The molecule has 1 heterocycles. The summed E-state index contributed by atoms with van der Waals surface area (Å²) in [6, 6.07) is 7.11. The van der Waals surface area contributed by atoms with E-state index in [4.69, 9.17) is 9.15 Å². The van der Waals surface area contributed by atoms with Crippen LogP contribution >= 0.6 is 0 Å². The highest BCUT2D eigenvalue weighted by atomic mass is 16.5. The van der Waals surface area contributed by atoms with Gasteiger partial charge in [-0.05, 0) is 31.2 Å². The summed E-state index contributed by atoms with van der Waals surface area (Å²) in [6.45, 7) is 2.53. The number of amides is 1. The Morgan fingerprint density at radius 2 is 2.18 bits per heavy atom. The highest BCUT2D eigenvalue weighted by molar-refractivity contribution is 6.01. The van der Waals surface area contributed by atoms with Crippen LogP contribution in [0.3, 0.4) is 0 Å². The van der Waals surface area contributed by atoms with Gasteiger partial charge in [-0.2, -0.15) is 0 Å². The monoisotopic (exact) mass is 232 g/mol. The van der Waals surface area contributed by atoms with E-state index in [1.807, 2.05) is 6.92 Å². The molecule has 2 rings (SSSR count). The first-order valence-electron chi connectivity index (χ1n) is 5.22. The largest absolute Gasteiger partial charge is 0.494 e. The molecule has 1 amide bonds. The van der Waals surface area contributed by atoms with E-state index < -0.39 is 0 Å². The van der Waals surface area contributed by atoms with Crippen molar-refractivity contribution in [2.75, 3.05) is 11.9 Å². The molecule has 0 atom stereocenters. The fourth-order valence-corrected chi connectivity index (χ4v) is 1.32. The second-order valence-corrected chi connectivity index (χ2v) is 3.28. The van der Waals surface area contributed by atoms with Crippen molar-refractivity contribution in [1.29, 1.82) is 0 Å². The van der Waals surface area contributed by atoms with E-state index in [0.717, 1.165) is 5.75 Å². The van der Waals surface area contributed by atoms with Crippen LogP contribution < -0.4 is 10.1 Å². The number of hydrogen-bond donors (Lipinski definition) is 1. The summed E-state index contributed by atoms with van der Waals surface area (Å²) in [6.07, 6.45) is 2.58. The summed E-state index contributed by atoms with van der Waals surface area (Å²) in [5.74, 6) is 0.621. The molecule has 5 nitrogen and oxygen atoms in total. The summed E-state index contributed by atoms with van der Waals surface area (Å²) in [7, 11) is 0. The minimum Gasteiger partial charge on any atom is -0.494 e. The molecule has 0 bridgehead atoms. The second-order valence-electron chi connectivity index (χ2n) is 3.28. The van der Waals surface area contributed by atoms with Gasteiger partial charge in [-0.1, -0.05) is 0 Å². The number of rotatable bonds is 4. The third kappa shape index (κ3) is 2.84. The zero-order chi connectivity index (χ0) is 12.1. The Labute approximate surface area is 98.4 Å². The molecule has 0 radical (unpaired) electrons. The van der Waals surface area contributed by atoms with Gasteiger partial charge in [0.15, 0.2) is 6.39 Å². The molecule has 2 aromatic rings. The van der Waals surface area contributed by atoms with E-state index in [2.05, 4.69) is 10.3 Å². The predicted octanol–water partition coefficient (Wildman–Crippen LogP) is 2.33. The molecule has 0 aliphatic carbocycles. The molecule has 0 fully saturated rings. The Hall–Kier alpha value is -2.30. The van der Waals surface area contributed by atoms with Crippen LogP contribution in [0, 0.1) is 0 Å². The first kappa shape index (κ1) is 11.2. The average molecular weight is 232 g/mol. The lowest BCUT2D eigenvalue weighted by molar-refractivity contribution is 0.0996. The molecule has 0 unspecified atom stereocenters. The Bertz CT molecular complexity index is 477. The van der Waals surface area contributed by atoms with Crippen molar-refractivity contribution in [1.82, 2.24) is 4.98 Å². The predicted molar refractivity (Wildman–Crippen MR) is 62.1 cm³/mol. The van der Waals surface area contributed by atoms with Crippen molar-refractivity contribution < 1.29 is 13.9 Å². The third-order valence-electron chi connectivity index (χ3n) is 2.08. The molecule has 1 aromatic carbocycles. The fourth-order valence-electron chi connectivity index (χ4n) is 1.32. The quantitative estimate of drug-likeness (QED) is 0.878. The minimum absolute atomic E-state index is 0.180. The van der Waals surface area contributed by atoms with Crippen LogP contribution in [0.5, 0.6) is 5.75 Å². The van der Waals surface area contributed by atoms with Crippen LogP contribution in [-0.4, -0.2) is 17.5 Å². The Morgan fingerprint density at radius 1 is 1.41 bits per heavy atom. The van der Waals surface area contributed by atoms with Gasteiger partial charge in [0.1, 0.15) is 5.75 Å². The van der Waals surface area contributed by atoms with Gasteiger partial charge in [0, 0.05) is 5.69 Å². The molecule has 0 aliphatic rings. The molecular weight excluding hydrogens is 220 g/mol. The minimum atomic E-state index is -0.327. The number of ether oxygens (including phenoxy) is 1. The van der Waals surface area contributed by atoms with Crippen molar-refractivity contribution in [3.63, 3.8) is 0 Å². The van der Waals surface area contributed by atoms with Crippen LogP contribution in [-0.2, 0) is 0 Å². The summed E-state index contributed by atoms with van der Waals surface area (Å²) < 4.78 is 10.2. The average Bonchev–Trinajstić information content (AvgIpc) is 2.86. The Kier molecular flexibility index (Phi) is 3.40. The Balaban J connectivity index is 2.01. The molecule has 88 valence electrons. The SMILES string of the molecule is CCOc1ccc(NC(=O)c2cnco2)cc1. The second kappa shape index (κ2) is 5.16. The smallest absolute Gasteiger partial charge is 0.293 e. The van der Waals surface area contributed by atoms with E-state index in [0.29, 0.717) is 12.3 Å². The maximum atomic E-state index is 11.6. The van der Waals surface area contributed by atoms with Crippen LogP contribution in [0.25, 0.3) is 0 Å². The van der Waals surface area contributed by atoms with Gasteiger partial charge < -0.3 is 14.5 Å². The van der Waals surface area contributed by atoms with Crippen LogP contribution in [0.15, 0.2) is 41.3 Å². The summed E-state index contributed by atoms with van der Waals surface area (Å²) in [5.41, 5.74) is 0.676. The number of benzene rings is 1. The number of aromatic nitrogens is 1. The lowest BCUT2D eigenvalue weighted by Gasteiger charge is -2.05. The van der Waals surface area contributed by atoms with Gasteiger partial charge >= 0.3 is 0 Å². The summed E-state index contributed by atoms with van der Waals surface area (Å²) >= 11 is 0. The number of hydrogen-bond acceptors (Lipinski definition) is 4. The maximum Gasteiger partial charge on any atom is 0.293 e. The van der Waals surface area contributed by atoms with E-state index in [1.54, 1.807) is 24.3 Å². The zero-order valence-electron chi connectivity index (χ0n) is 9.34. The molecule has 5 heteroatoms. The van der Waals surface area contributed by atoms with Crippen molar-refractivity contribution >= 4 is 11.6 Å². The summed E-state index contributed by atoms with van der Waals surface area (Å²) in [4.78, 5) is 15.3. The lowest BCUT2D eigenvalue weighted by atomic mass is 10.3. The van der Waals surface area contributed by atoms with Gasteiger partial charge in [0.05, 0.1) is 12.8 Å². The number of oxazole rings is 1. The van der Waals surface area contributed by atoms with E-state index >= 15 is 0 Å². The van der Waals surface area contributed by atoms with Crippen LogP contribution in [0.2, 0.25) is 0 Å². The van der Waals surface area contributed by atoms with Crippen molar-refractivity contribution in [2.45, 2.75) is 6.92 Å². The molecule has 0 saturated heterocycles. The lowest BCUT2D eigenvalue weighted by Crippen LogP contribution is -2.10. The molecule has 0 spiro atoms. The molecule has 0 aliphatic heterocycles. The molecule has 1 aromatic heterocycles. The van der Waals surface area contributed by atoms with Gasteiger partial charge in [-0.25, -0.2) is 4.98 Å². The number of nitrogens with zero attached hydrogens (tertiary/aromatic N) is 1. The fraction of sp³-hybridized carbons (Fsp3) is 0.167. The number of nitrogens with one attached hydrogen (secondary N) is 1. The van der Waals surface area contributed by atoms with Crippen molar-refractivity contribution in [3.05, 3.63) is 42.6 Å². The number of anilines is 1. The van der Waals surface area contributed by atoms with Gasteiger partial charge in [0.2, 0.25) is 5.76 Å². The van der Waals surface area contributed by atoms with E-state index in [1.165, 1.54) is 12.6 Å². The number of carbonyl (C=O) groups is 1. The normalized spacial score (nSPS) is 9.94. The van der Waals surface area contributed by atoms with Crippen molar-refractivity contribution in [3.8, 4) is 5.75 Å². The van der Waals surface area contributed by atoms with Gasteiger partial charge in [-0.15, -0.1) is 0 Å². The van der Waals surface area contributed by atoms with E-state index in [-0.39, 0.29) is 11.7 Å². The third-order valence-corrected chi connectivity index (χ3v) is 2.08. The topological polar surface area (TPSA) is 64.4 Å². The highest BCUT2D eigenvalue weighted by Gasteiger charge is 2.09. The molecule has 1 N–H and O–H groups in total. The molecule has 0 saturated carbocycles. The first-order valence-corrected chi connectivity index (χ1v) is 5.22. The van der Waals surface area contributed by atoms with Crippen molar-refractivity contribution in [2.24, 2.45) is 0 Å². The zero-order valence-corrected chi connectivity index (χ0v) is 9.34. The summed E-state index contributed by atoms with van der Waals surface area (Å²) in [5, 5.41) is 2.69. The standard InChI is InChI=1S/C12H12N2O3/c1-2-16-10-5-3-9(4-6-10)14-12(15)11-7-13-8-17-11/h3-8H,2H2,1H3,(H,14,15). The maximum absolute atomic E-state index is 11.6. The van der Waals surface area contributed by atoms with Crippen LogP contribution in [0.1, 0.15) is 17.5 Å². The molecular formula is C12H12N2O3. The van der Waals surface area contributed by atoms with E-state index in [9.17, 15) is 4.79 Å². The van der Waals surface area contributed by atoms with Crippen LogP contribution in [0.4, 0.5) is 5.69 Å². The number of carbonyl (C=O) groups excluding carboxylic acids is 1. The van der Waals surface area contributed by atoms with Gasteiger partial charge in [-0.3, -0.25) is 4.79 Å². The molecule has 17 heavy (non-hydrogen) atoms. The van der Waals surface area contributed by atoms with Gasteiger partial charge in [0.25, 0.3) is 5.91 Å².